The fourth-order valence-electron chi connectivity index (χ4n) is 3.07. The Balaban J connectivity index is 1.42. The standard InChI is InChI=1S/C17H18N4O5S/c1-21(12-6-7-27(23,24)9-12)16-5-4-15(19-20-16)18-17(22)11-2-3-13-14(8-11)26-10-25-13/h2-5,8,12H,6-7,9-10H2,1H3,(H,18,19,22). The van der Waals surface area contributed by atoms with Gasteiger partial charge in [0.2, 0.25) is 6.79 Å². The number of carbonyl (C=O) groups is 1. The van der Waals surface area contributed by atoms with E-state index < -0.39 is 9.84 Å². The minimum absolute atomic E-state index is 0.113. The van der Waals surface area contributed by atoms with E-state index in [1.54, 1.807) is 42.3 Å². The zero-order chi connectivity index (χ0) is 19.0. The number of anilines is 2. The first-order chi connectivity index (χ1) is 12.9. The molecule has 4 rings (SSSR count). The summed E-state index contributed by atoms with van der Waals surface area (Å²) in [5, 5.41) is 10.8. The SMILES string of the molecule is CN(c1ccc(NC(=O)c2ccc3c(c2)OCO3)nn1)C1CCS(=O)(=O)C1. The van der Waals surface area contributed by atoms with Crippen molar-refractivity contribution in [3.8, 4) is 11.5 Å². The van der Waals surface area contributed by atoms with Gasteiger partial charge in [-0.2, -0.15) is 0 Å². The van der Waals surface area contributed by atoms with Crippen molar-refractivity contribution in [3.05, 3.63) is 35.9 Å². The summed E-state index contributed by atoms with van der Waals surface area (Å²) in [6.45, 7) is 0.142. The van der Waals surface area contributed by atoms with E-state index in [1.165, 1.54) is 0 Å². The highest BCUT2D eigenvalue weighted by molar-refractivity contribution is 7.91. The summed E-state index contributed by atoms with van der Waals surface area (Å²) in [4.78, 5) is 14.2. The third-order valence-electron chi connectivity index (χ3n) is 4.64. The van der Waals surface area contributed by atoms with Gasteiger partial charge in [-0.3, -0.25) is 4.79 Å². The number of rotatable bonds is 4. The number of nitrogens with one attached hydrogen (secondary N) is 1. The molecule has 2 aromatic rings. The third-order valence-corrected chi connectivity index (χ3v) is 6.39. The van der Waals surface area contributed by atoms with Crippen molar-refractivity contribution in [2.24, 2.45) is 0 Å². The highest BCUT2D eigenvalue weighted by Gasteiger charge is 2.31. The first-order valence-electron chi connectivity index (χ1n) is 8.39. The van der Waals surface area contributed by atoms with Crippen LogP contribution in [0.3, 0.4) is 0 Å². The van der Waals surface area contributed by atoms with Gasteiger partial charge in [-0.05, 0) is 36.8 Å². The smallest absolute Gasteiger partial charge is 0.257 e. The molecule has 0 aliphatic carbocycles. The van der Waals surface area contributed by atoms with Gasteiger partial charge < -0.3 is 19.7 Å². The lowest BCUT2D eigenvalue weighted by molar-refractivity contribution is 0.102. The van der Waals surface area contributed by atoms with E-state index in [1.807, 2.05) is 0 Å². The maximum atomic E-state index is 12.4. The monoisotopic (exact) mass is 390 g/mol. The van der Waals surface area contributed by atoms with Gasteiger partial charge in [-0.15, -0.1) is 10.2 Å². The molecule has 1 saturated heterocycles. The minimum Gasteiger partial charge on any atom is -0.454 e. The quantitative estimate of drug-likeness (QED) is 0.826. The third kappa shape index (κ3) is 3.65. The van der Waals surface area contributed by atoms with Crippen molar-refractivity contribution in [3.63, 3.8) is 0 Å². The lowest BCUT2D eigenvalue weighted by Gasteiger charge is -2.23. The number of hydrogen-bond donors (Lipinski definition) is 1. The van der Waals surface area contributed by atoms with Gasteiger partial charge in [-0.25, -0.2) is 8.42 Å². The summed E-state index contributed by atoms with van der Waals surface area (Å²) in [7, 11) is -1.18. The molecule has 1 N–H and O–H groups in total. The molecule has 0 spiro atoms. The van der Waals surface area contributed by atoms with E-state index in [4.69, 9.17) is 9.47 Å². The number of carbonyl (C=O) groups excluding carboxylic acids is 1. The second-order valence-electron chi connectivity index (χ2n) is 6.47. The fourth-order valence-corrected chi connectivity index (χ4v) is 4.85. The molecular weight excluding hydrogens is 372 g/mol. The van der Waals surface area contributed by atoms with Crippen molar-refractivity contribution in [1.82, 2.24) is 10.2 Å². The molecule has 142 valence electrons. The number of aromatic nitrogens is 2. The molecule has 0 radical (unpaired) electrons. The highest BCUT2D eigenvalue weighted by Crippen LogP contribution is 2.32. The molecule has 1 aromatic carbocycles. The van der Waals surface area contributed by atoms with Crippen molar-refractivity contribution < 1.29 is 22.7 Å². The predicted octanol–water partition coefficient (Wildman–Crippen LogP) is 1.08. The van der Waals surface area contributed by atoms with Crippen molar-refractivity contribution in [2.45, 2.75) is 12.5 Å². The molecule has 2 aliphatic heterocycles. The number of sulfone groups is 1. The topological polar surface area (TPSA) is 111 Å². The summed E-state index contributed by atoms with van der Waals surface area (Å²) in [6, 6.07) is 8.14. The zero-order valence-corrected chi connectivity index (χ0v) is 15.4. The number of ether oxygens (including phenoxy) is 2. The normalized spacial score (nSPS) is 19.7. The Morgan fingerprint density at radius 3 is 2.70 bits per heavy atom. The van der Waals surface area contributed by atoms with E-state index in [-0.39, 0.29) is 30.2 Å². The van der Waals surface area contributed by atoms with E-state index in [0.29, 0.717) is 35.1 Å². The molecule has 9 nitrogen and oxygen atoms in total. The molecule has 1 amide bonds. The molecule has 10 heteroatoms. The molecule has 1 fully saturated rings. The minimum atomic E-state index is -2.97. The Bertz CT molecular complexity index is 977. The van der Waals surface area contributed by atoms with E-state index in [2.05, 4.69) is 15.5 Å². The van der Waals surface area contributed by atoms with E-state index in [9.17, 15) is 13.2 Å². The first kappa shape index (κ1) is 17.5. The van der Waals surface area contributed by atoms with Crippen LogP contribution >= 0.6 is 0 Å². The van der Waals surface area contributed by atoms with Crippen LogP contribution in [0.15, 0.2) is 30.3 Å². The maximum Gasteiger partial charge on any atom is 0.257 e. The summed E-state index contributed by atoms with van der Waals surface area (Å²) < 4.78 is 33.8. The van der Waals surface area contributed by atoms with Gasteiger partial charge >= 0.3 is 0 Å². The first-order valence-corrected chi connectivity index (χ1v) is 10.2. The average Bonchev–Trinajstić information content (AvgIpc) is 3.27. The molecular formula is C17H18N4O5S. The Labute approximate surface area is 156 Å². The van der Waals surface area contributed by atoms with Gasteiger partial charge in [-0.1, -0.05) is 0 Å². The van der Waals surface area contributed by atoms with Crippen LogP contribution < -0.4 is 19.7 Å². The second-order valence-corrected chi connectivity index (χ2v) is 8.70. The average molecular weight is 390 g/mol. The molecule has 1 atom stereocenters. The van der Waals surface area contributed by atoms with Gasteiger partial charge in [0.25, 0.3) is 5.91 Å². The van der Waals surface area contributed by atoms with Gasteiger partial charge in [0.05, 0.1) is 11.5 Å². The Morgan fingerprint density at radius 2 is 2.00 bits per heavy atom. The van der Waals surface area contributed by atoms with Crippen molar-refractivity contribution >= 4 is 27.4 Å². The van der Waals surface area contributed by atoms with E-state index in [0.717, 1.165) is 0 Å². The number of benzene rings is 1. The van der Waals surface area contributed by atoms with Gasteiger partial charge in [0.1, 0.15) is 0 Å². The Kier molecular flexibility index (Phi) is 4.34. The highest BCUT2D eigenvalue weighted by atomic mass is 32.2. The molecule has 0 saturated carbocycles. The number of fused-ring (bicyclic) bond motifs is 1. The van der Waals surface area contributed by atoms with Gasteiger partial charge in [0, 0.05) is 18.7 Å². The zero-order valence-electron chi connectivity index (χ0n) is 14.6. The molecule has 2 aliphatic rings. The van der Waals surface area contributed by atoms with Crippen LogP contribution in [-0.4, -0.2) is 55.9 Å². The maximum absolute atomic E-state index is 12.4. The van der Waals surface area contributed by atoms with Gasteiger partial charge in [0.15, 0.2) is 33.0 Å². The summed E-state index contributed by atoms with van der Waals surface area (Å²) >= 11 is 0. The number of amides is 1. The predicted molar refractivity (Wildman–Crippen MR) is 98.0 cm³/mol. The number of nitrogens with zero attached hydrogens (tertiary/aromatic N) is 3. The van der Waals surface area contributed by atoms with Crippen molar-refractivity contribution in [2.75, 3.05) is 35.6 Å². The molecule has 3 heterocycles. The van der Waals surface area contributed by atoms with Crippen LogP contribution in [0.1, 0.15) is 16.8 Å². The van der Waals surface area contributed by atoms with Crippen LogP contribution in [0, 0.1) is 0 Å². The van der Waals surface area contributed by atoms with Crippen LogP contribution in [-0.2, 0) is 9.84 Å². The summed E-state index contributed by atoms with van der Waals surface area (Å²) in [6.07, 6.45) is 0.573. The second kappa shape index (κ2) is 6.69. The number of hydrogen-bond acceptors (Lipinski definition) is 8. The molecule has 0 bridgehead atoms. The van der Waals surface area contributed by atoms with Crippen LogP contribution in [0.25, 0.3) is 0 Å². The van der Waals surface area contributed by atoms with Crippen LogP contribution in [0.2, 0.25) is 0 Å². The van der Waals surface area contributed by atoms with Crippen molar-refractivity contribution in [1.29, 1.82) is 0 Å². The largest absolute Gasteiger partial charge is 0.454 e. The van der Waals surface area contributed by atoms with E-state index >= 15 is 0 Å². The van der Waals surface area contributed by atoms with Crippen LogP contribution in [0.4, 0.5) is 11.6 Å². The summed E-state index contributed by atoms with van der Waals surface area (Å²) in [5.41, 5.74) is 0.415. The molecule has 1 unspecified atom stereocenters. The fraction of sp³-hybridized carbons (Fsp3) is 0.353. The summed E-state index contributed by atoms with van der Waals surface area (Å²) in [5.74, 6) is 1.95. The lowest BCUT2D eigenvalue weighted by Crippen LogP contribution is -2.33. The Hall–Kier alpha value is -2.88. The molecule has 1 aromatic heterocycles. The molecule has 27 heavy (non-hydrogen) atoms. The van der Waals surface area contributed by atoms with Crippen LogP contribution in [0.5, 0.6) is 11.5 Å². The lowest BCUT2D eigenvalue weighted by atomic mass is 10.2. The Morgan fingerprint density at radius 1 is 1.19 bits per heavy atom.